The number of hydrogen-bond donors (Lipinski definition) is 3. The number of amides is 2. The Balaban J connectivity index is 2.52. The van der Waals surface area contributed by atoms with Crippen LogP contribution in [0.3, 0.4) is 0 Å². The number of carboxylic acids is 1. The smallest absolute Gasteiger partial charge is 0.326 e. The van der Waals surface area contributed by atoms with E-state index in [1.54, 1.807) is 0 Å². The molecule has 1 fully saturated rings. The first-order valence-electron chi connectivity index (χ1n) is 5.40. The van der Waals surface area contributed by atoms with E-state index in [2.05, 4.69) is 5.32 Å². The van der Waals surface area contributed by atoms with Crippen molar-refractivity contribution in [1.82, 2.24) is 10.2 Å². The maximum atomic E-state index is 11.7. The zero-order valence-electron chi connectivity index (χ0n) is 9.68. The fraction of sp³-hybridized carbons (Fsp3) is 0.700. The van der Waals surface area contributed by atoms with Crippen LogP contribution >= 0.6 is 0 Å². The lowest BCUT2D eigenvalue weighted by atomic mass is 10.1. The van der Waals surface area contributed by atoms with E-state index in [1.165, 1.54) is 0 Å². The summed E-state index contributed by atoms with van der Waals surface area (Å²) in [5.74, 6) is -2.54. The van der Waals surface area contributed by atoms with Crippen LogP contribution in [0.4, 0.5) is 0 Å². The van der Waals surface area contributed by atoms with Gasteiger partial charge in [-0.15, -0.1) is 0 Å². The van der Waals surface area contributed by atoms with E-state index in [9.17, 15) is 14.4 Å². The van der Waals surface area contributed by atoms with E-state index in [-0.39, 0.29) is 18.2 Å². The molecule has 1 saturated heterocycles. The van der Waals surface area contributed by atoms with Crippen molar-refractivity contribution in [3.63, 3.8) is 0 Å². The van der Waals surface area contributed by atoms with Crippen molar-refractivity contribution in [2.24, 2.45) is 11.7 Å². The number of likely N-dealkylation sites (tertiary alicyclic amines) is 1. The molecule has 96 valence electrons. The minimum absolute atomic E-state index is 0.213. The summed E-state index contributed by atoms with van der Waals surface area (Å²) in [6.45, 7) is 1.42. The van der Waals surface area contributed by atoms with Crippen LogP contribution in [0.2, 0.25) is 0 Å². The molecule has 1 unspecified atom stereocenters. The number of nitrogens with zero attached hydrogens (tertiary/aromatic N) is 1. The number of nitrogens with one attached hydrogen (secondary N) is 1. The Bertz CT molecular complexity index is 332. The van der Waals surface area contributed by atoms with Gasteiger partial charge in [-0.05, 0) is 20.0 Å². The number of rotatable bonds is 5. The van der Waals surface area contributed by atoms with Gasteiger partial charge in [0.2, 0.25) is 11.8 Å². The molecule has 4 N–H and O–H groups in total. The molecule has 0 aliphatic carbocycles. The summed E-state index contributed by atoms with van der Waals surface area (Å²) in [4.78, 5) is 35.2. The summed E-state index contributed by atoms with van der Waals surface area (Å²) in [7, 11) is 1.89. The van der Waals surface area contributed by atoms with E-state index in [4.69, 9.17) is 10.8 Å². The maximum Gasteiger partial charge on any atom is 0.326 e. The van der Waals surface area contributed by atoms with Crippen molar-refractivity contribution in [2.75, 3.05) is 20.1 Å². The van der Waals surface area contributed by atoms with Gasteiger partial charge in [0.15, 0.2) is 0 Å². The zero-order chi connectivity index (χ0) is 13.0. The first-order chi connectivity index (χ1) is 7.90. The summed E-state index contributed by atoms with van der Waals surface area (Å²) >= 11 is 0. The van der Waals surface area contributed by atoms with Crippen LogP contribution in [-0.2, 0) is 14.4 Å². The van der Waals surface area contributed by atoms with Gasteiger partial charge >= 0.3 is 5.97 Å². The van der Waals surface area contributed by atoms with E-state index in [0.717, 1.165) is 6.54 Å². The first kappa shape index (κ1) is 13.4. The molecule has 1 aliphatic rings. The quantitative estimate of drug-likeness (QED) is 0.537. The molecular formula is C10H17N3O4. The van der Waals surface area contributed by atoms with Gasteiger partial charge < -0.3 is 21.1 Å². The largest absolute Gasteiger partial charge is 0.480 e. The second-order valence-corrected chi connectivity index (χ2v) is 4.32. The highest BCUT2D eigenvalue weighted by molar-refractivity contribution is 5.89. The van der Waals surface area contributed by atoms with Crippen LogP contribution in [0.1, 0.15) is 12.8 Å². The highest BCUT2D eigenvalue weighted by Crippen LogP contribution is 2.14. The predicted octanol–water partition coefficient (Wildman–Crippen LogP) is -1.62. The summed E-state index contributed by atoms with van der Waals surface area (Å²) < 4.78 is 0. The number of primary amides is 1. The molecule has 0 saturated carbocycles. The third kappa shape index (κ3) is 4.03. The molecule has 1 heterocycles. The van der Waals surface area contributed by atoms with Crippen molar-refractivity contribution in [3.05, 3.63) is 0 Å². The summed E-state index contributed by atoms with van der Waals surface area (Å²) in [5, 5.41) is 11.2. The minimum Gasteiger partial charge on any atom is -0.480 e. The second kappa shape index (κ2) is 5.62. The Kier molecular flexibility index (Phi) is 4.45. The molecule has 2 amide bonds. The van der Waals surface area contributed by atoms with Crippen molar-refractivity contribution in [1.29, 1.82) is 0 Å². The summed E-state index contributed by atoms with van der Waals surface area (Å²) in [6.07, 6.45) is 0.314. The van der Waals surface area contributed by atoms with Gasteiger partial charge in [-0.3, -0.25) is 9.59 Å². The number of hydrogen-bond acceptors (Lipinski definition) is 4. The lowest BCUT2D eigenvalue weighted by molar-refractivity contribution is -0.143. The molecule has 1 aliphatic heterocycles. The van der Waals surface area contributed by atoms with Gasteiger partial charge in [-0.2, -0.15) is 0 Å². The molecule has 0 aromatic rings. The monoisotopic (exact) mass is 243 g/mol. The number of nitrogens with two attached hydrogens (primary N) is 1. The van der Waals surface area contributed by atoms with E-state index in [1.807, 2.05) is 11.9 Å². The normalized spacial score (nSPS) is 22.1. The summed E-state index contributed by atoms with van der Waals surface area (Å²) in [5.41, 5.74) is 4.92. The highest BCUT2D eigenvalue weighted by Gasteiger charge is 2.30. The highest BCUT2D eigenvalue weighted by atomic mass is 16.4. The third-order valence-electron chi connectivity index (χ3n) is 2.78. The van der Waals surface area contributed by atoms with Crippen molar-refractivity contribution in [3.8, 4) is 0 Å². The molecule has 0 spiro atoms. The van der Waals surface area contributed by atoms with Crippen LogP contribution in [0.5, 0.6) is 0 Å². The first-order valence-corrected chi connectivity index (χ1v) is 5.40. The number of aliphatic carboxylic acids is 1. The van der Waals surface area contributed by atoms with Crippen LogP contribution in [0.25, 0.3) is 0 Å². The Morgan fingerprint density at radius 2 is 2.18 bits per heavy atom. The maximum absolute atomic E-state index is 11.7. The van der Waals surface area contributed by atoms with Gasteiger partial charge in [0.05, 0.1) is 12.3 Å². The van der Waals surface area contributed by atoms with Gasteiger partial charge in [-0.25, -0.2) is 4.79 Å². The number of carbonyl (C=O) groups excluding carboxylic acids is 2. The molecule has 1 rings (SSSR count). The van der Waals surface area contributed by atoms with Gasteiger partial charge in [0, 0.05) is 6.54 Å². The third-order valence-corrected chi connectivity index (χ3v) is 2.78. The van der Waals surface area contributed by atoms with E-state index >= 15 is 0 Å². The van der Waals surface area contributed by atoms with Crippen molar-refractivity contribution in [2.45, 2.75) is 18.9 Å². The van der Waals surface area contributed by atoms with Gasteiger partial charge in [0.25, 0.3) is 0 Å². The summed E-state index contributed by atoms with van der Waals surface area (Å²) in [6, 6.07) is -1.23. The Morgan fingerprint density at radius 3 is 2.59 bits per heavy atom. The second-order valence-electron chi connectivity index (χ2n) is 4.32. The fourth-order valence-electron chi connectivity index (χ4n) is 1.84. The van der Waals surface area contributed by atoms with Crippen LogP contribution in [0.15, 0.2) is 0 Å². The minimum atomic E-state index is -1.25. The molecule has 2 atom stereocenters. The molecule has 0 bridgehead atoms. The SMILES string of the molecule is CN1CCC(C(=O)N[C@H](CC(N)=O)C(=O)O)C1. The van der Waals surface area contributed by atoms with Gasteiger partial charge in [-0.1, -0.05) is 0 Å². The van der Waals surface area contributed by atoms with Crippen molar-refractivity contribution >= 4 is 17.8 Å². The average Bonchev–Trinajstić information content (AvgIpc) is 2.63. The molecule has 0 aromatic heterocycles. The Morgan fingerprint density at radius 1 is 1.53 bits per heavy atom. The topological polar surface area (TPSA) is 113 Å². The fourth-order valence-corrected chi connectivity index (χ4v) is 1.84. The molecule has 7 heteroatoms. The lowest BCUT2D eigenvalue weighted by Crippen LogP contribution is -2.46. The van der Waals surface area contributed by atoms with Crippen molar-refractivity contribution < 1.29 is 19.5 Å². The van der Waals surface area contributed by atoms with Crippen LogP contribution in [0, 0.1) is 5.92 Å². The molecular weight excluding hydrogens is 226 g/mol. The molecule has 17 heavy (non-hydrogen) atoms. The Labute approximate surface area is 98.9 Å². The molecule has 7 nitrogen and oxygen atoms in total. The zero-order valence-corrected chi connectivity index (χ0v) is 9.68. The van der Waals surface area contributed by atoms with Crippen LogP contribution < -0.4 is 11.1 Å². The van der Waals surface area contributed by atoms with E-state index < -0.39 is 17.9 Å². The number of carbonyl (C=O) groups is 3. The number of carboxylic acid groups (broad SMARTS) is 1. The Hall–Kier alpha value is -1.63. The van der Waals surface area contributed by atoms with E-state index in [0.29, 0.717) is 13.0 Å². The molecule has 0 radical (unpaired) electrons. The molecule has 0 aromatic carbocycles. The standard InChI is InChI=1S/C10H17N3O4/c1-13-3-2-6(5-13)9(15)12-7(10(16)17)4-8(11)14/h6-7H,2-5H2,1H3,(H2,11,14)(H,12,15)(H,16,17)/t6?,7-/m1/s1. The van der Waals surface area contributed by atoms with Crippen LogP contribution in [-0.4, -0.2) is 54.0 Å². The lowest BCUT2D eigenvalue weighted by Gasteiger charge is -2.16. The van der Waals surface area contributed by atoms with Gasteiger partial charge in [0.1, 0.15) is 6.04 Å². The predicted molar refractivity (Wildman–Crippen MR) is 59.0 cm³/mol. The average molecular weight is 243 g/mol.